The van der Waals surface area contributed by atoms with E-state index in [2.05, 4.69) is 22.0 Å². The van der Waals surface area contributed by atoms with E-state index in [0.29, 0.717) is 18.2 Å². The minimum absolute atomic E-state index is 0.187. The fraction of sp³-hybridized carbons (Fsp3) is 0.778. The van der Waals surface area contributed by atoms with Gasteiger partial charge >= 0.3 is 5.97 Å². The Balaban J connectivity index is 2.11. The highest BCUT2D eigenvalue weighted by Crippen LogP contribution is 2.21. The van der Waals surface area contributed by atoms with Crippen molar-refractivity contribution in [2.24, 2.45) is 4.99 Å². The zero-order chi connectivity index (χ0) is 10.4. The van der Waals surface area contributed by atoms with Gasteiger partial charge in [-0.3, -0.25) is 9.79 Å². The van der Waals surface area contributed by atoms with Gasteiger partial charge in [-0.1, -0.05) is 18.7 Å². The molecule has 1 atom stereocenters. The molecule has 4 nitrogen and oxygen atoms in total. The molecule has 1 heterocycles. The predicted octanol–water partition coefficient (Wildman–Crippen LogP) is 1.02. The van der Waals surface area contributed by atoms with Crippen LogP contribution in [0.4, 0.5) is 0 Å². The molecule has 1 N–H and O–H groups in total. The van der Waals surface area contributed by atoms with Gasteiger partial charge in [0, 0.05) is 11.8 Å². The number of esters is 1. The number of aliphatic imine (C=N–C) groups is 1. The summed E-state index contributed by atoms with van der Waals surface area (Å²) in [5.74, 6) is -0.187. The molecule has 0 aromatic carbocycles. The first-order chi connectivity index (χ1) is 6.76. The second kappa shape index (κ2) is 5.90. The molecule has 1 aliphatic rings. The van der Waals surface area contributed by atoms with E-state index in [1.165, 1.54) is 7.11 Å². The summed E-state index contributed by atoms with van der Waals surface area (Å²) in [7, 11) is 1.40. The summed E-state index contributed by atoms with van der Waals surface area (Å²) < 4.78 is 4.53. The fourth-order valence-corrected chi connectivity index (χ4v) is 2.07. The molecular formula is C9H16N2O2S. The molecule has 0 spiro atoms. The van der Waals surface area contributed by atoms with Gasteiger partial charge in [-0.2, -0.15) is 0 Å². The van der Waals surface area contributed by atoms with E-state index >= 15 is 0 Å². The van der Waals surface area contributed by atoms with E-state index in [4.69, 9.17) is 0 Å². The number of rotatable bonds is 4. The lowest BCUT2D eigenvalue weighted by Crippen LogP contribution is -2.23. The quantitative estimate of drug-likeness (QED) is 0.713. The third-order valence-corrected chi connectivity index (χ3v) is 3.32. The van der Waals surface area contributed by atoms with Gasteiger partial charge in [0.25, 0.3) is 0 Å². The molecular weight excluding hydrogens is 200 g/mol. The average Bonchev–Trinajstić information content (AvgIpc) is 2.65. The first-order valence-corrected chi connectivity index (χ1v) is 5.66. The van der Waals surface area contributed by atoms with Crippen molar-refractivity contribution >= 4 is 22.9 Å². The van der Waals surface area contributed by atoms with E-state index in [1.54, 1.807) is 11.8 Å². The zero-order valence-corrected chi connectivity index (χ0v) is 9.39. The molecule has 5 heteroatoms. The highest BCUT2D eigenvalue weighted by atomic mass is 32.2. The van der Waals surface area contributed by atoms with Crippen LogP contribution in [-0.2, 0) is 9.53 Å². The van der Waals surface area contributed by atoms with Crippen molar-refractivity contribution in [1.82, 2.24) is 5.32 Å². The normalized spacial score (nSPS) is 20.4. The molecule has 1 aliphatic heterocycles. The van der Waals surface area contributed by atoms with Crippen molar-refractivity contribution < 1.29 is 9.53 Å². The molecule has 0 saturated heterocycles. The Morgan fingerprint density at radius 3 is 3.14 bits per heavy atom. The van der Waals surface area contributed by atoms with Crippen LogP contribution < -0.4 is 5.32 Å². The van der Waals surface area contributed by atoms with Crippen molar-refractivity contribution in [2.45, 2.75) is 25.0 Å². The van der Waals surface area contributed by atoms with Gasteiger partial charge in [0.05, 0.1) is 20.1 Å². The summed E-state index contributed by atoms with van der Waals surface area (Å²) in [6.45, 7) is 3.65. The number of carbonyl (C=O) groups excluding carboxylic acids is 1. The Morgan fingerprint density at radius 1 is 1.79 bits per heavy atom. The van der Waals surface area contributed by atoms with Crippen LogP contribution in [0.1, 0.15) is 19.8 Å². The van der Waals surface area contributed by atoms with Gasteiger partial charge in [0.15, 0.2) is 5.17 Å². The summed E-state index contributed by atoms with van der Waals surface area (Å²) in [5.41, 5.74) is 0. The zero-order valence-electron chi connectivity index (χ0n) is 8.58. The Hall–Kier alpha value is -0.710. The van der Waals surface area contributed by atoms with Crippen LogP contribution in [0.3, 0.4) is 0 Å². The second-order valence-corrected chi connectivity index (χ2v) is 4.34. The molecule has 0 saturated carbocycles. The third kappa shape index (κ3) is 3.57. The van der Waals surface area contributed by atoms with Crippen LogP contribution in [0.5, 0.6) is 0 Å². The second-order valence-electron chi connectivity index (χ2n) is 3.05. The van der Waals surface area contributed by atoms with Crippen molar-refractivity contribution in [1.29, 1.82) is 0 Å². The molecule has 0 fully saturated rings. The topological polar surface area (TPSA) is 50.7 Å². The van der Waals surface area contributed by atoms with Gasteiger partial charge < -0.3 is 10.1 Å². The van der Waals surface area contributed by atoms with Crippen molar-refractivity contribution in [2.75, 3.05) is 20.2 Å². The molecule has 0 aliphatic carbocycles. The highest BCUT2D eigenvalue weighted by Gasteiger charge is 2.17. The minimum atomic E-state index is -0.187. The molecule has 1 unspecified atom stereocenters. The number of ether oxygens (including phenoxy) is 1. The maximum atomic E-state index is 10.8. The van der Waals surface area contributed by atoms with Crippen molar-refractivity contribution in [3.05, 3.63) is 0 Å². The molecule has 0 amide bonds. The van der Waals surface area contributed by atoms with E-state index < -0.39 is 0 Å². The van der Waals surface area contributed by atoms with Gasteiger partial charge in [-0.25, -0.2) is 0 Å². The van der Waals surface area contributed by atoms with E-state index in [0.717, 1.165) is 18.1 Å². The van der Waals surface area contributed by atoms with Crippen LogP contribution in [0.25, 0.3) is 0 Å². The van der Waals surface area contributed by atoms with Crippen LogP contribution >= 0.6 is 11.8 Å². The van der Waals surface area contributed by atoms with Crippen molar-refractivity contribution in [3.63, 3.8) is 0 Å². The number of hydrogen-bond donors (Lipinski definition) is 1. The fourth-order valence-electron chi connectivity index (χ4n) is 1.10. The number of methoxy groups -OCH3 is 1. The smallest absolute Gasteiger partial charge is 0.307 e. The highest BCUT2D eigenvalue weighted by molar-refractivity contribution is 8.14. The Morgan fingerprint density at radius 2 is 2.57 bits per heavy atom. The number of nitrogens with one attached hydrogen (secondary N) is 1. The van der Waals surface area contributed by atoms with E-state index in [9.17, 15) is 4.79 Å². The lowest BCUT2D eigenvalue weighted by Gasteiger charge is -2.05. The molecule has 80 valence electrons. The molecule has 1 rings (SSSR count). The van der Waals surface area contributed by atoms with Gasteiger partial charge in [-0.05, 0) is 6.42 Å². The monoisotopic (exact) mass is 216 g/mol. The Kier molecular flexibility index (Phi) is 4.79. The Bertz CT molecular complexity index is 231. The van der Waals surface area contributed by atoms with Gasteiger partial charge in [-0.15, -0.1) is 0 Å². The van der Waals surface area contributed by atoms with E-state index in [1.807, 2.05) is 0 Å². The molecule has 0 aromatic rings. The lowest BCUT2D eigenvalue weighted by atomic mass is 10.3. The third-order valence-electron chi connectivity index (χ3n) is 2.01. The minimum Gasteiger partial charge on any atom is -0.469 e. The summed E-state index contributed by atoms with van der Waals surface area (Å²) in [4.78, 5) is 15.1. The number of amidine groups is 1. The summed E-state index contributed by atoms with van der Waals surface area (Å²) in [6, 6.07) is 0. The lowest BCUT2D eigenvalue weighted by molar-refractivity contribution is -0.140. The van der Waals surface area contributed by atoms with Gasteiger partial charge in [0.2, 0.25) is 0 Å². The van der Waals surface area contributed by atoms with Gasteiger partial charge in [0.1, 0.15) is 0 Å². The maximum absolute atomic E-state index is 10.8. The molecule has 0 aromatic heterocycles. The SMILES string of the molecule is CCC1CN=C(NCCC(=O)OC)S1. The van der Waals surface area contributed by atoms with E-state index in [-0.39, 0.29) is 5.97 Å². The summed E-state index contributed by atoms with van der Waals surface area (Å²) in [5, 5.41) is 4.69. The number of nitrogens with zero attached hydrogens (tertiary/aromatic N) is 1. The Labute approximate surface area is 88.5 Å². The van der Waals surface area contributed by atoms with Crippen LogP contribution in [0, 0.1) is 0 Å². The van der Waals surface area contributed by atoms with Crippen LogP contribution in [-0.4, -0.2) is 36.6 Å². The number of carbonyl (C=O) groups is 1. The van der Waals surface area contributed by atoms with Crippen molar-refractivity contribution in [3.8, 4) is 0 Å². The standard InChI is InChI=1S/C9H16N2O2S/c1-3-7-6-11-9(14-7)10-5-4-8(12)13-2/h7H,3-6H2,1-2H3,(H,10,11). The van der Waals surface area contributed by atoms with Crippen LogP contribution in [0.15, 0.2) is 4.99 Å². The van der Waals surface area contributed by atoms with Crippen LogP contribution in [0.2, 0.25) is 0 Å². The molecule has 14 heavy (non-hydrogen) atoms. The first kappa shape index (κ1) is 11.4. The summed E-state index contributed by atoms with van der Waals surface area (Å²) >= 11 is 1.76. The average molecular weight is 216 g/mol. The number of hydrogen-bond acceptors (Lipinski definition) is 5. The predicted molar refractivity (Wildman–Crippen MR) is 58.6 cm³/mol. The largest absolute Gasteiger partial charge is 0.469 e. The maximum Gasteiger partial charge on any atom is 0.307 e. The summed E-state index contributed by atoms with van der Waals surface area (Å²) in [6.07, 6.45) is 1.53. The molecule has 0 radical (unpaired) electrons. The first-order valence-electron chi connectivity index (χ1n) is 4.78. The number of thioether (sulfide) groups is 1. The molecule has 0 bridgehead atoms.